The number of sulfone groups is 1. The van der Waals surface area contributed by atoms with Crippen molar-refractivity contribution < 1.29 is 89.3 Å². The Balaban J connectivity index is 0.000000221. The van der Waals surface area contributed by atoms with E-state index in [9.17, 15) is 56.4 Å². The van der Waals surface area contributed by atoms with Crippen LogP contribution in [0.25, 0.3) is 0 Å². The summed E-state index contributed by atoms with van der Waals surface area (Å²) in [6.07, 6.45) is -1.17. The molecule has 7 heterocycles. The van der Waals surface area contributed by atoms with E-state index in [4.69, 9.17) is 44.4 Å². The molecule has 0 aliphatic carbocycles. The summed E-state index contributed by atoms with van der Waals surface area (Å²) < 4.78 is 53.2. The summed E-state index contributed by atoms with van der Waals surface area (Å²) in [5.74, 6) is -6.07. The van der Waals surface area contributed by atoms with Gasteiger partial charge in [-0.25, -0.2) is 27.6 Å². The van der Waals surface area contributed by atoms with Gasteiger partial charge >= 0.3 is 30.0 Å². The summed E-state index contributed by atoms with van der Waals surface area (Å²) in [5, 5.41) is 6.60. The summed E-state index contributed by atoms with van der Waals surface area (Å²) in [6, 6.07) is 6.48. The number of rotatable bonds is 16. The fourth-order valence-electron chi connectivity index (χ4n) is 9.01. The molecule has 404 valence electrons. The molecule has 1 aromatic carbocycles. The lowest BCUT2D eigenvalue weighted by Crippen LogP contribution is -2.71. The van der Waals surface area contributed by atoms with Crippen molar-refractivity contribution in [2.24, 2.45) is 16.6 Å². The Labute approximate surface area is 435 Å². The van der Waals surface area contributed by atoms with E-state index in [1.807, 2.05) is 0 Å². The molecule has 6 amide bonds. The number of oxime groups is 1. The molecule has 1 aromatic heterocycles. The Morgan fingerprint density at radius 1 is 0.880 bits per heavy atom. The average molecular weight is 1110 g/mol. The van der Waals surface area contributed by atoms with Crippen LogP contribution in [0, 0.1) is 0 Å². The first-order chi connectivity index (χ1) is 35.2. The molecule has 0 saturated carbocycles. The highest BCUT2D eigenvalue weighted by Crippen LogP contribution is 2.51. The van der Waals surface area contributed by atoms with E-state index >= 15 is 0 Å². The second kappa shape index (κ2) is 21.6. The molecule has 27 nitrogen and oxygen atoms in total. The maximum absolute atomic E-state index is 13.0. The highest BCUT2D eigenvalue weighted by molar-refractivity contribution is 8.01. The van der Waals surface area contributed by atoms with Gasteiger partial charge in [0.15, 0.2) is 15.6 Å². The number of carbonyl (C=O) groups excluding carboxylic acids is 10. The smallest absolute Gasteiger partial charge is 0.404 e. The number of benzene rings is 1. The standard InChI is InChI=1S/C25H30N4O9S2.C20H22N4O10S/c1-24(2)17(29-20(32)16(21(29)39-24)27-19(31)15(26)12-8-6-5-7-9-12)22(33)37-11-38-23(34)18-25(3,4)40(35,36)14-10-13(30)28(14)18;1-9(25)33-10(2)34-19(28)15-11(7-32-20(21)29)8-35-18-14(17(27)24(15)18)22-16(26)13(23-30-3)12-5-4-6-31-12/h5-9,14-18,21H,10-11,26H2,1-4H3,(H,27,31);4-6,10,14,18H,7-8H2,1-3H3,(H2,21,29)(H,22,26)/b;23-13-/t14-,15-,16-,17+,18+,21-;10?,14-,18-/m11/s1. The van der Waals surface area contributed by atoms with Crippen molar-refractivity contribution in [1.29, 1.82) is 0 Å². The second-order valence-electron chi connectivity index (χ2n) is 18.3. The molecule has 1 unspecified atom stereocenters. The number of furan rings is 1. The van der Waals surface area contributed by atoms with Crippen LogP contribution >= 0.6 is 23.5 Å². The lowest BCUT2D eigenvalue weighted by Gasteiger charge is -2.49. The van der Waals surface area contributed by atoms with Crippen molar-refractivity contribution >= 4 is 98.6 Å². The molecule has 5 fully saturated rings. The first-order valence-corrected chi connectivity index (χ1v) is 26.1. The largest absolute Gasteiger partial charge is 0.462 e. The third kappa shape index (κ3) is 10.6. The third-order valence-electron chi connectivity index (χ3n) is 12.7. The van der Waals surface area contributed by atoms with Crippen LogP contribution in [0.1, 0.15) is 65.3 Å². The monoisotopic (exact) mass is 1100 g/mol. The van der Waals surface area contributed by atoms with Crippen LogP contribution in [-0.2, 0) is 81.5 Å². The zero-order valence-electron chi connectivity index (χ0n) is 41.1. The molecule has 2 aromatic rings. The number of hydrogen-bond donors (Lipinski definition) is 4. The van der Waals surface area contributed by atoms with E-state index in [1.165, 1.54) is 68.6 Å². The van der Waals surface area contributed by atoms with Gasteiger partial charge < -0.3 is 64.8 Å². The highest BCUT2D eigenvalue weighted by atomic mass is 32.2. The van der Waals surface area contributed by atoms with E-state index in [-0.39, 0.29) is 41.5 Å². The van der Waals surface area contributed by atoms with Crippen LogP contribution in [-0.4, -0.2) is 171 Å². The Hall–Kier alpha value is -7.18. The number of thioether (sulfide) groups is 2. The Morgan fingerprint density at radius 2 is 1.53 bits per heavy atom. The van der Waals surface area contributed by atoms with E-state index in [1.54, 1.807) is 50.2 Å². The minimum absolute atomic E-state index is 0.124. The van der Waals surface area contributed by atoms with Gasteiger partial charge in [-0.3, -0.25) is 33.7 Å². The molecular formula is C45H52N8O19S3. The van der Waals surface area contributed by atoms with Crippen molar-refractivity contribution in [3.63, 3.8) is 0 Å². The Bertz CT molecular complexity index is 2860. The molecule has 75 heavy (non-hydrogen) atoms. The number of primary amides is 1. The molecule has 0 spiro atoms. The van der Waals surface area contributed by atoms with Gasteiger partial charge in [0, 0.05) is 29.9 Å². The van der Waals surface area contributed by atoms with Crippen LogP contribution in [0.15, 0.2) is 69.6 Å². The number of nitrogens with two attached hydrogens (primary N) is 2. The summed E-state index contributed by atoms with van der Waals surface area (Å²) in [4.78, 5) is 133. The van der Waals surface area contributed by atoms with E-state index < -0.39 is 138 Å². The van der Waals surface area contributed by atoms with Gasteiger partial charge in [0.25, 0.3) is 11.8 Å². The third-order valence-corrected chi connectivity index (χ3v) is 18.4. The van der Waals surface area contributed by atoms with Crippen molar-refractivity contribution in [2.75, 3.05) is 26.3 Å². The predicted molar refractivity (Wildman–Crippen MR) is 258 cm³/mol. The van der Waals surface area contributed by atoms with Crippen molar-refractivity contribution in [3.05, 3.63) is 71.3 Å². The van der Waals surface area contributed by atoms with Gasteiger partial charge in [-0.1, -0.05) is 35.5 Å². The maximum atomic E-state index is 13.0. The van der Waals surface area contributed by atoms with Gasteiger partial charge in [-0.2, -0.15) is 0 Å². The number of nitrogens with one attached hydrogen (secondary N) is 2. The molecule has 8 rings (SSSR count). The number of esters is 4. The van der Waals surface area contributed by atoms with Crippen LogP contribution in [0.3, 0.4) is 0 Å². The predicted octanol–water partition coefficient (Wildman–Crippen LogP) is -0.757. The summed E-state index contributed by atoms with van der Waals surface area (Å²) in [6.45, 7) is 7.45. The molecule has 9 atom stereocenters. The Kier molecular flexibility index (Phi) is 16.0. The molecule has 6 aliphatic rings. The summed E-state index contributed by atoms with van der Waals surface area (Å²) in [5.41, 5.74) is 11.5. The number of amides is 6. The zero-order chi connectivity index (χ0) is 55.1. The minimum atomic E-state index is -3.80. The topological polar surface area (TPSA) is 372 Å². The lowest BCUT2D eigenvalue weighted by atomic mass is 9.95. The number of carbonyl (C=O) groups is 10. The minimum Gasteiger partial charge on any atom is -0.462 e. The number of β-lactam (4-membered cyclic amide) rings is 3. The first-order valence-electron chi connectivity index (χ1n) is 22.7. The van der Waals surface area contributed by atoms with Crippen molar-refractivity contribution in [3.8, 4) is 0 Å². The van der Waals surface area contributed by atoms with E-state index in [0.29, 0.717) is 5.56 Å². The van der Waals surface area contributed by atoms with Crippen LogP contribution in [0.4, 0.5) is 4.79 Å². The van der Waals surface area contributed by atoms with E-state index in [2.05, 4.69) is 15.8 Å². The van der Waals surface area contributed by atoms with Gasteiger partial charge in [0.05, 0.1) is 17.4 Å². The highest BCUT2D eigenvalue weighted by Gasteiger charge is 2.69. The fourth-order valence-corrected chi connectivity index (χ4v) is 14.1. The number of ether oxygens (including phenoxy) is 5. The normalized spacial score (nSPS) is 26.1. The van der Waals surface area contributed by atoms with Crippen LogP contribution in [0.5, 0.6) is 0 Å². The molecule has 0 bridgehead atoms. The molecule has 30 heteroatoms. The molecule has 6 N–H and O–H groups in total. The van der Waals surface area contributed by atoms with Gasteiger partial charge in [0.2, 0.25) is 36.5 Å². The second-order valence-corrected chi connectivity index (χ2v) is 23.9. The summed E-state index contributed by atoms with van der Waals surface area (Å²) >= 11 is 2.53. The Morgan fingerprint density at radius 3 is 2.13 bits per heavy atom. The molecule has 6 aliphatic heterocycles. The van der Waals surface area contributed by atoms with E-state index in [0.717, 1.165) is 16.7 Å². The van der Waals surface area contributed by atoms with Crippen molar-refractivity contribution in [2.45, 2.75) is 110 Å². The zero-order valence-corrected chi connectivity index (χ0v) is 43.5. The summed E-state index contributed by atoms with van der Waals surface area (Å²) in [7, 11) is -2.55. The van der Waals surface area contributed by atoms with Crippen LogP contribution < -0.4 is 22.1 Å². The first kappa shape index (κ1) is 55.6. The number of nitrogens with zero attached hydrogens (tertiary/aromatic N) is 4. The quantitative estimate of drug-likeness (QED) is 0.0401. The number of hydrogen-bond acceptors (Lipinski definition) is 23. The van der Waals surface area contributed by atoms with Gasteiger partial charge in [-0.05, 0) is 45.4 Å². The molecular weight excluding hydrogens is 1050 g/mol. The molecule has 0 radical (unpaired) electrons. The molecule has 5 saturated heterocycles. The van der Waals surface area contributed by atoms with Gasteiger partial charge in [-0.15, -0.1) is 23.5 Å². The van der Waals surface area contributed by atoms with Gasteiger partial charge in [0.1, 0.15) is 65.7 Å². The SMILES string of the molecule is CC1(C)S[C@@H]2[C@H](NC(=O)[C@H](N)c3ccccc3)C(=O)N2[C@H]1C(=O)OCOC(=O)[C@@H]1N2C(=O)C[C@H]2S(=O)(=O)C1(C)C.CO/N=C(\C(=O)N[C@@H]1C(=O)N2C(C(=O)OC(C)OC(C)=O)=C(COC(N)=O)CS[C@H]12)c1ccco1. The lowest BCUT2D eigenvalue weighted by molar-refractivity contribution is -0.183. The fraction of sp³-hybridized carbons (Fsp3) is 0.489. The number of fused-ring (bicyclic) bond motifs is 3. The maximum Gasteiger partial charge on any atom is 0.404 e. The van der Waals surface area contributed by atoms with Crippen LogP contribution in [0.2, 0.25) is 0 Å². The van der Waals surface area contributed by atoms with Crippen molar-refractivity contribution in [1.82, 2.24) is 25.3 Å². The average Bonchev–Trinajstić information content (AvgIpc) is 4.00.